The maximum atomic E-state index is 11.6. The number of nitrogens with one attached hydrogen (secondary N) is 1. The normalized spacial score (nSPS) is 16.8. The SMILES string of the molecule is CC(C)S(=O)(=O)CCNCC(=O)N1CCCC1. The lowest BCUT2D eigenvalue weighted by Gasteiger charge is -2.15. The van der Waals surface area contributed by atoms with Gasteiger partial charge in [0.15, 0.2) is 9.84 Å². The van der Waals surface area contributed by atoms with Gasteiger partial charge in [-0.25, -0.2) is 8.42 Å². The van der Waals surface area contributed by atoms with E-state index in [4.69, 9.17) is 0 Å². The van der Waals surface area contributed by atoms with Crippen molar-refractivity contribution in [1.29, 1.82) is 0 Å². The summed E-state index contributed by atoms with van der Waals surface area (Å²) in [6.45, 7) is 5.61. The monoisotopic (exact) mass is 262 g/mol. The second-order valence-corrected chi connectivity index (χ2v) is 7.36. The topological polar surface area (TPSA) is 66.5 Å². The van der Waals surface area contributed by atoms with E-state index in [2.05, 4.69) is 5.32 Å². The summed E-state index contributed by atoms with van der Waals surface area (Å²) in [6.07, 6.45) is 2.15. The second-order valence-electron chi connectivity index (χ2n) is 4.68. The predicted octanol–water partition coefficient (Wildman–Crippen LogP) is 0.0216. The molecule has 0 aromatic carbocycles. The second kappa shape index (κ2) is 6.35. The Bertz CT molecular complexity index is 346. The first-order valence-electron chi connectivity index (χ1n) is 6.13. The molecule has 17 heavy (non-hydrogen) atoms. The number of nitrogens with zero attached hydrogens (tertiary/aromatic N) is 1. The quantitative estimate of drug-likeness (QED) is 0.685. The summed E-state index contributed by atoms with van der Waals surface area (Å²) in [7, 11) is -3.00. The van der Waals surface area contributed by atoms with Gasteiger partial charge in [0, 0.05) is 19.6 Å². The van der Waals surface area contributed by atoms with Gasteiger partial charge >= 0.3 is 0 Å². The van der Waals surface area contributed by atoms with Gasteiger partial charge < -0.3 is 10.2 Å². The van der Waals surface area contributed by atoms with Crippen molar-refractivity contribution in [2.24, 2.45) is 0 Å². The van der Waals surface area contributed by atoms with Crippen LogP contribution in [0.15, 0.2) is 0 Å². The molecule has 100 valence electrons. The maximum absolute atomic E-state index is 11.6. The number of carbonyl (C=O) groups is 1. The largest absolute Gasteiger partial charge is 0.342 e. The molecule has 1 rings (SSSR count). The van der Waals surface area contributed by atoms with Gasteiger partial charge in [0.25, 0.3) is 0 Å². The molecule has 1 amide bonds. The van der Waals surface area contributed by atoms with Crippen LogP contribution >= 0.6 is 0 Å². The first kappa shape index (κ1) is 14.4. The van der Waals surface area contributed by atoms with E-state index in [0.29, 0.717) is 6.54 Å². The molecule has 0 radical (unpaired) electrons. The molecule has 1 fully saturated rings. The van der Waals surface area contributed by atoms with Gasteiger partial charge in [0.2, 0.25) is 5.91 Å². The van der Waals surface area contributed by atoms with Crippen LogP contribution in [0, 0.1) is 0 Å². The molecule has 0 spiro atoms. The summed E-state index contributed by atoms with van der Waals surface area (Å²) in [5, 5.41) is 2.55. The van der Waals surface area contributed by atoms with Crippen LogP contribution in [0.2, 0.25) is 0 Å². The number of carbonyl (C=O) groups excluding carboxylic acids is 1. The van der Waals surface area contributed by atoms with Crippen LogP contribution in [0.4, 0.5) is 0 Å². The fourth-order valence-corrected chi connectivity index (χ4v) is 2.62. The molecule has 0 bridgehead atoms. The van der Waals surface area contributed by atoms with Gasteiger partial charge in [-0.3, -0.25) is 4.79 Å². The minimum absolute atomic E-state index is 0.0736. The highest BCUT2D eigenvalue weighted by atomic mass is 32.2. The van der Waals surface area contributed by atoms with E-state index in [-0.39, 0.29) is 23.5 Å². The molecule has 1 heterocycles. The van der Waals surface area contributed by atoms with Crippen molar-refractivity contribution in [1.82, 2.24) is 10.2 Å². The number of sulfone groups is 1. The Morgan fingerprint density at radius 1 is 1.29 bits per heavy atom. The minimum atomic E-state index is -3.00. The Balaban J connectivity index is 2.18. The van der Waals surface area contributed by atoms with E-state index in [1.807, 2.05) is 4.90 Å². The molecular formula is C11H22N2O3S. The Hall–Kier alpha value is -0.620. The molecule has 1 saturated heterocycles. The molecule has 0 aromatic heterocycles. The smallest absolute Gasteiger partial charge is 0.236 e. The van der Waals surface area contributed by atoms with Crippen molar-refractivity contribution >= 4 is 15.7 Å². The molecule has 0 saturated carbocycles. The Morgan fingerprint density at radius 3 is 2.41 bits per heavy atom. The average Bonchev–Trinajstić information content (AvgIpc) is 2.77. The third kappa shape index (κ3) is 4.63. The van der Waals surface area contributed by atoms with Crippen LogP contribution < -0.4 is 5.32 Å². The molecular weight excluding hydrogens is 240 g/mol. The van der Waals surface area contributed by atoms with Crippen LogP contribution in [0.1, 0.15) is 26.7 Å². The van der Waals surface area contributed by atoms with Crippen LogP contribution in [0.5, 0.6) is 0 Å². The third-order valence-electron chi connectivity index (χ3n) is 3.02. The van der Waals surface area contributed by atoms with E-state index >= 15 is 0 Å². The molecule has 6 heteroatoms. The first-order chi connectivity index (χ1) is 7.93. The summed E-state index contributed by atoms with van der Waals surface area (Å²) in [5.41, 5.74) is 0. The van der Waals surface area contributed by atoms with Crippen molar-refractivity contribution in [3.05, 3.63) is 0 Å². The number of hydrogen-bond acceptors (Lipinski definition) is 4. The fourth-order valence-electron chi connectivity index (χ4n) is 1.72. The molecule has 5 nitrogen and oxygen atoms in total. The van der Waals surface area contributed by atoms with E-state index in [9.17, 15) is 13.2 Å². The lowest BCUT2D eigenvalue weighted by Crippen LogP contribution is -2.38. The van der Waals surface area contributed by atoms with Crippen molar-refractivity contribution < 1.29 is 13.2 Å². The van der Waals surface area contributed by atoms with Crippen molar-refractivity contribution in [2.45, 2.75) is 31.9 Å². The van der Waals surface area contributed by atoms with Gasteiger partial charge in [-0.15, -0.1) is 0 Å². The van der Waals surface area contributed by atoms with Gasteiger partial charge in [-0.2, -0.15) is 0 Å². The lowest BCUT2D eigenvalue weighted by molar-refractivity contribution is -0.129. The standard InChI is InChI=1S/C11H22N2O3S/c1-10(2)17(15,16)8-5-12-9-11(14)13-6-3-4-7-13/h10,12H,3-9H2,1-2H3. The van der Waals surface area contributed by atoms with E-state index in [0.717, 1.165) is 25.9 Å². The van der Waals surface area contributed by atoms with Gasteiger partial charge in [0.1, 0.15) is 0 Å². The molecule has 1 N–H and O–H groups in total. The number of amides is 1. The Labute approximate surface area is 103 Å². The van der Waals surface area contributed by atoms with E-state index < -0.39 is 9.84 Å². The Kier molecular flexibility index (Phi) is 5.39. The van der Waals surface area contributed by atoms with Crippen molar-refractivity contribution in [3.63, 3.8) is 0 Å². The molecule has 0 aliphatic carbocycles. The minimum Gasteiger partial charge on any atom is -0.342 e. The molecule has 0 unspecified atom stereocenters. The van der Waals surface area contributed by atoms with Crippen molar-refractivity contribution in [2.75, 3.05) is 31.9 Å². The van der Waals surface area contributed by atoms with Crippen LogP contribution in [0.3, 0.4) is 0 Å². The van der Waals surface area contributed by atoms with E-state index in [1.165, 1.54) is 0 Å². The number of hydrogen-bond donors (Lipinski definition) is 1. The van der Waals surface area contributed by atoms with Crippen molar-refractivity contribution in [3.8, 4) is 0 Å². The molecule has 0 atom stereocenters. The van der Waals surface area contributed by atoms with Crippen LogP contribution in [-0.2, 0) is 14.6 Å². The van der Waals surface area contributed by atoms with Gasteiger partial charge in [0.05, 0.1) is 17.5 Å². The van der Waals surface area contributed by atoms with Crippen LogP contribution in [-0.4, -0.2) is 56.4 Å². The average molecular weight is 262 g/mol. The highest BCUT2D eigenvalue weighted by molar-refractivity contribution is 7.92. The third-order valence-corrected chi connectivity index (χ3v) is 5.23. The Morgan fingerprint density at radius 2 is 1.88 bits per heavy atom. The van der Waals surface area contributed by atoms with Gasteiger partial charge in [-0.05, 0) is 26.7 Å². The molecule has 1 aliphatic heterocycles. The molecule has 0 aromatic rings. The summed E-state index contributed by atoms with van der Waals surface area (Å²) in [6, 6.07) is 0. The highest BCUT2D eigenvalue weighted by Gasteiger charge is 2.18. The predicted molar refractivity (Wildman–Crippen MR) is 67.6 cm³/mol. The number of rotatable bonds is 6. The number of likely N-dealkylation sites (tertiary alicyclic amines) is 1. The fraction of sp³-hybridized carbons (Fsp3) is 0.909. The maximum Gasteiger partial charge on any atom is 0.236 e. The zero-order valence-electron chi connectivity index (χ0n) is 10.6. The first-order valence-corrected chi connectivity index (χ1v) is 7.85. The van der Waals surface area contributed by atoms with E-state index in [1.54, 1.807) is 13.8 Å². The summed E-state index contributed by atoms with van der Waals surface area (Å²) in [4.78, 5) is 13.4. The molecule has 1 aliphatic rings. The van der Waals surface area contributed by atoms with Gasteiger partial charge in [-0.1, -0.05) is 0 Å². The zero-order chi connectivity index (χ0) is 12.9. The van der Waals surface area contributed by atoms with Crippen LogP contribution in [0.25, 0.3) is 0 Å². The lowest BCUT2D eigenvalue weighted by atomic mass is 10.4. The highest BCUT2D eigenvalue weighted by Crippen LogP contribution is 2.06. The summed E-state index contributed by atoms with van der Waals surface area (Å²) < 4.78 is 23.0. The summed E-state index contributed by atoms with van der Waals surface area (Å²) in [5.74, 6) is 0.169. The zero-order valence-corrected chi connectivity index (χ0v) is 11.4. The summed E-state index contributed by atoms with van der Waals surface area (Å²) >= 11 is 0.